The second kappa shape index (κ2) is 11.7. The number of nitrogens with zero attached hydrogens (tertiary/aromatic N) is 3. The number of rotatable bonds is 6. The predicted molar refractivity (Wildman–Crippen MR) is 145 cm³/mol. The number of hydrogen-bond acceptors (Lipinski definition) is 9. The van der Waals surface area contributed by atoms with E-state index >= 15 is 0 Å². The van der Waals surface area contributed by atoms with Crippen molar-refractivity contribution in [2.24, 2.45) is 0 Å². The number of imide groups is 1. The summed E-state index contributed by atoms with van der Waals surface area (Å²) in [6, 6.07) is 7.76. The zero-order chi connectivity index (χ0) is 29.8. The van der Waals surface area contributed by atoms with Crippen LogP contribution in [-0.2, 0) is 9.47 Å². The van der Waals surface area contributed by atoms with E-state index in [1.54, 1.807) is 41.5 Å². The largest absolute Gasteiger partial charge is 0.478 e. The maximum absolute atomic E-state index is 15.0. The van der Waals surface area contributed by atoms with Crippen LogP contribution in [0.5, 0.6) is 11.5 Å². The van der Waals surface area contributed by atoms with Crippen LogP contribution in [0.1, 0.15) is 51.9 Å². The summed E-state index contributed by atoms with van der Waals surface area (Å²) in [5.74, 6) is -2.63. The number of hydrogen-bond donors (Lipinski definition) is 2. The summed E-state index contributed by atoms with van der Waals surface area (Å²) < 4.78 is 31.3. The molecule has 2 aromatic heterocycles. The van der Waals surface area contributed by atoms with Crippen LogP contribution in [0.15, 0.2) is 48.8 Å². The number of benzene rings is 1. The first-order chi connectivity index (χ1) is 18.5. The molecule has 0 aliphatic heterocycles. The number of carboxylic acid groups (broad SMARTS) is 1. The Morgan fingerprint density at radius 1 is 0.950 bits per heavy atom. The first-order valence-electron chi connectivity index (χ1n) is 11.9. The quantitative estimate of drug-likeness (QED) is 0.311. The zero-order valence-corrected chi connectivity index (χ0v) is 23.4. The van der Waals surface area contributed by atoms with Crippen molar-refractivity contribution in [3.8, 4) is 11.5 Å². The van der Waals surface area contributed by atoms with Gasteiger partial charge in [0, 0.05) is 24.0 Å². The maximum Gasteiger partial charge on any atom is 0.425 e. The Hall–Kier alpha value is -4.45. The van der Waals surface area contributed by atoms with E-state index in [4.69, 9.17) is 25.8 Å². The number of halogens is 2. The molecular weight excluding hydrogens is 547 g/mol. The number of ether oxygens (including phenoxy) is 3. The van der Waals surface area contributed by atoms with Gasteiger partial charge in [0.05, 0.1) is 6.20 Å². The van der Waals surface area contributed by atoms with Gasteiger partial charge >= 0.3 is 18.2 Å². The Labute approximate surface area is 234 Å². The molecule has 2 amide bonds. The monoisotopic (exact) mass is 574 g/mol. The van der Waals surface area contributed by atoms with Crippen LogP contribution >= 0.6 is 11.6 Å². The van der Waals surface area contributed by atoms with Gasteiger partial charge in [-0.05, 0) is 65.8 Å². The molecule has 0 atom stereocenters. The van der Waals surface area contributed by atoms with E-state index in [-0.39, 0.29) is 39.4 Å². The van der Waals surface area contributed by atoms with Crippen LogP contribution in [0.2, 0.25) is 5.02 Å². The zero-order valence-electron chi connectivity index (χ0n) is 22.6. The molecule has 3 aromatic rings. The summed E-state index contributed by atoms with van der Waals surface area (Å²) in [6.45, 7) is 9.75. The number of amides is 2. The third-order valence-corrected chi connectivity index (χ3v) is 4.92. The van der Waals surface area contributed by atoms with Gasteiger partial charge in [-0.3, -0.25) is 0 Å². The van der Waals surface area contributed by atoms with Crippen molar-refractivity contribution in [2.75, 3.05) is 10.2 Å². The number of carbonyl (C=O) groups is 3. The molecule has 13 heteroatoms. The van der Waals surface area contributed by atoms with E-state index < -0.39 is 35.2 Å². The second-order valence-electron chi connectivity index (χ2n) is 10.3. The van der Waals surface area contributed by atoms with Crippen LogP contribution < -0.4 is 15.0 Å². The van der Waals surface area contributed by atoms with Crippen LogP contribution in [0.4, 0.5) is 31.3 Å². The lowest BCUT2D eigenvalue weighted by Gasteiger charge is -2.28. The summed E-state index contributed by atoms with van der Waals surface area (Å²) >= 11 is 6.22. The molecule has 11 nitrogen and oxygen atoms in total. The molecule has 3 rings (SSSR count). The summed E-state index contributed by atoms with van der Waals surface area (Å²) in [7, 11) is 0. The molecule has 0 fully saturated rings. The highest BCUT2D eigenvalue weighted by Crippen LogP contribution is 2.35. The van der Waals surface area contributed by atoms with Crippen molar-refractivity contribution in [1.29, 1.82) is 0 Å². The summed E-state index contributed by atoms with van der Waals surface area (Å²) in [6.07, 6.45) is 0.401. The van der Waals surface area contributed by atoms with E-state index in [1.165, 1.54) is 30.5 Å². The Bertz CT molecular complexity index is 1410. The van der Waals surface area contributed by atoms with Gasteiger partial charge in [0.2, 0.25) is 0 Å². The number of pyridine rings is 2. The molecule has 2 N–H and O–H groups in total. The summed E-state index contributed by atoms with van der Waals surface area (Å²) in [5.41, 5.74) is -1.78. The minimum atomic E-state index is -1.20. The highest BCUT2D eigenvalue weighted by molar-refractivity contribution is 6.32. The van der Waals surface area contributed by atoms with Crippen molar-refractivity contribution in [3.05, 3.63) is 65.2 Å². The Balaban J connectivity index is 1.91. The molecular formula is C27H28ClFN4O7. The smallest absolute Gasteiger partial charge is 0.425 e. The number of nitrogens with one attached hydrogen (secondary N) is 1. The van der Waals surface area contributed by atoms with Gasteiger partial charge < -0.3 is 24.6 Å². The highest BCUT2D eigenvalue weighted by atomic mass is 35.5. The SMILES string of the molecule is CC(C)(C)OC(=O)N(C(=O)OC(C)(C)C)c1cc(Oc2ccc(Nc3ncccc3C(=O)O)cc2F)c(Cl)cn1. The van der Waals surface area contributed by atoms with E-state index in [1.807, 2.05) is 0 Å². The van der Waals surface area contributed by atoms with Gasteiger partial charge in [0.15, 0.2) is 23.1 Å². The summed E-state index contributed by atoms with van der Waals surface area (Å²) in [5, 5.41) is 12.0. The summed E-state index contributed by atoms with van der Waals surface area (Å²) in [4.78, 5) is 45.9. The van der Waals surface area contributed by atoms with Crippen molar-refractivity contribution < 1.29 is 38.1 Å². The Morgan fingerprint density at radius 2 is 1.57 bits per heavy atom. The third-order valence-electron chi connectivity index (χ3n) is 4.64. The van der Waals surface area contributed by atoms with Crippen molar-refractivity contribution >= 4 is 47.1 Å². The number of carbonyl (C=O) groups excluding carboxylic acids is 2. The minimum Gasteiger partial charge on any atom is -0.478 e. The molecule has 0 aliphatic carbocycles. The van der Waals surface area contributed by atoms with Crippen molar-refractivity contribution in [3.63, 3.8) is 0 Å². The number of carboxylic acids is 1. The van der Waals surface area contributed by atoms with Crippen molar-refractivity contribution in [1.82, 2.24) is 9.97 Å². The van der Waals surface area contributed by atoms with E-state index in [0.29, 0.717) is 4.90 Å². The molecule has 40 heavy (non-hydrogen) atoms. The molecule has 0 unspecified atom stereocenters. The fourth-order valence-electron chi connectivity index (χ4n) is 3.08. The Kier molecular flexibility index (Phi) is 8.83. The molecule has 0 bridgehead atoms. The van der Waals surface area contributed by atoms with Crippen LogP contribution in [0.25, 0.3) is 0 Å². The molecule has 0 saturated carbocycles. The number of aromatic nitrogens is 2. The normalized spacial score (nSPS) is 11.4. The van der Waals surface area contributed by atoms with Gasteiger partial charge in [-0.25, -0.2) is 28.7 Å². The predicted octanol–water partition coefficient (Wildman–Crippen LogP) is 7.18. The molecule has 0 aliphatic rings. The third kappa shape index (κ3) is 8.03. The van der Waals surface area contributed by atoms with Crippen LogP contribution in [0, 0.1) is 5.82 Å². The molecule has 0 spiro atoms. The highest BCUT2D eigenvalue weighted by Gasteiger charge is 2.34. The fourth-order valence-corrected chi connectivity index (χ4v) is 3.22. The van der Waals surface area contributed by atoms with Crippen molar-refractivity contribution in [2.45, 2.75) is 52.7 Å². The van der Waals surface area contributed by atoms with Gasteiger partial charge in [-0.2, -0.15) is 4.90 Å². The van der Waals surface area contributed by atoms with Gasteiger partial charge in [-0.1, -0.05) is 11.6 Å². The topological polar surface area (TPSA) is 140 Å². The molecule has 212 valence electrons. The second-order valence-corrected chi connectivity index (χ2v) is 10.8. The lowest BCUT2D eigenvalue weighted by Crippen LogP contribution is -2.44. The van der Waals surface area contributed by atoms with Crippen LogP contribution in [0.3, 0.4) is 0 Å². The minimum absolute atomic E-state index is 0.0225. The fraction of sp³-hybridized carbons (Fsp3) is 0.296. The standard InChI is InChI=1S/C27H28ClFN4O7/c1-26(2,3)39-24(36)33(25(37)40-27(4,5)6)21-13-20(17(28)14-31-21)38-19-10-9-15(12-18(19)29)32-22-16(23(34)35)8-7-11-30-22/h7-14H,1-6H3,(H,30,32)(H,34,35). The Morgan fingerprint density at radius 3 is 2.12 bits per heavy atom. The molecule has 2 heterocycles. The molecule has 0 saturated heterocycles. The van der Waals surface area contributed by atoms with Gasteiger partial charge in [0.1, 0.15) is 27.6 Å². The van der Waals surface area contributed by atoms with E-state index in [9.17, 15) is 23.9 Å². The maximum atomic E-state index is 15.0. The van der Waals surface area contributed by atoms with Gasteiger partial charge in [-0.15, -0.1) is 0 Å². The number of anilines is 3. The number of aromatic carboxylic acids is 1. The van der Waals surface area contributed by atoms with Crippen LogP contribution in [-0.4, -0.2) is 44.4 Å². The first kappa shape index (κ1) is 30.1. The first-order valence-corrected chi connectivity index (χ1v) is 12.3. The van der Waals surface area contributed by atoms with Gasteiger partial charge in [0.25, 0.3) is 0 Å². The average Bonchev–Trinajstić information content (AvgIpc) is 2.80. The van der Waals surface area contributed by atoms with E-state index in [2.05, 4.69) is 15.3 Å². The lowest BCUT2D eigenvalue weighted by atomic mass is 10.2. The lowest BCUT2D eigenvalue weighted by molar-refractivity contribution is 0.0428. The molecule has 0 radical (unpaired) electrons. The average molecular weight is 575 g/mol. The molecule has 1 aromatic carbocycles. The van der Waals surface area contributed by atoms with E-state index in [0.717, 1.165) is 18.3 Å².